The second kappa shape index (κ2) is 5.10. The van der Waals surface area contributed by atoms with Crippen LogP contribution in [0.1, 0.15) is 31.7 Å². The highest BCUT2D eigenvalue weighted by Gasteiger charge is 2.36. The number of hydrogen-bond acceptors (Lipinski definition) is 5. The van der Waals surface area contributed by atoms with Crippen LogP contribution < -0.4 is 10.0 Å². The van der Waals surface area contributed by atoms with Crippen molar-refractivity contribution < 1.29 is 13.2 Å². The molecule has 0 aromatic carbocycles. The molecule has 0 amide bonds. The molecule has 1 unspecified atom stereocenters. The third-order valence-corrected chi connectivity index (χ3v) is 5.36. The van der Waals surface area contributed by atoms with Gasteiger partial charge in [-0.2, -0.15) is 5.10 Å². The zero-order chi connectivity index (χ0) is 14.2. The van der Waals surface area contributed by atoms with E-state index < -0.39 is 15.6 Å². The third kappa shape index (κ3) is 3.03. The molecule has 3 N–H and O–H groups in total. The number of H-pyrrole nitrogens is 1. The van der Waals surface area contributed by atoms with Crippen molar-refractivity contribution in [3.63, 3.8) is 0 Å². The first-order chi connectivity index (χ1) is 9.49. The third-order valence-electron chi connectivity index (χ3n) is 3.70. The summed E-state index contributed by atoms with van der Waals surface area (Å²) in [5, 5.41) is 9.92. The first kappa shape index (κ1) is 14.0. The average molecular weight is 300 g/mol. The molecule has 7 nitrogen and oxygen atoms in total. The molecule has 0 radical (unpaired) electrons. The summed E-state index contributed by atoms with van der Waals surface area (Å²) in [4.78, 5) is 0. The summed E-state index contributed by atoms with van der Waals surface area (Å²) >= 11 is 0. The van der Waals surface area contributed by atoms with Crippen LogP contribution in [0, 0.1) is 0 Å². The quantitative estimate of drug-likeness (QED) is 0.693. The second-order valence-corrected chi connectivity index (χ2v) is 7.47. The molecular weight excluding hydrogens is 280 g/mol. The van der Waals surface area contributed by atoms with Crippen molar-refractivity contribution in [2.24, 2.45) is 0 Å². The normalized spacial score (nSPS) is 27.1. The first-order valence-electron chi connectivity index (χ1n) is 6.86. The fraction of sp³-hybridized carbons (Fsp3) is 0.750. The van der Waals surface area contributed by atoms with Crippen molar-refractivity contribution in [2.45, 2.75) is 49.3 Å². The van der Waals surface area contributed by atoms with Gasteiger partial charge in [0.2, 0.25) is 0 Å². The fourth-order valence-electron chi connectivity index (χ4n) is 2.32. The van der Waals surface area contributed by atoms with Crippen LogP contribution >= 0.6 is 0 Å². The summed E-state index contributed by atoms with van der Waals surface area (Å²) in [6.45, 7) is 3.36. The minimum Gasteiger partial charge on any atom is -0.379 e. The van der Waals surface area contributed by atoms with E-state index in [-0.39, 0.29) is 5.03 Å². The standard InChI is InChI=1S/C12H20N4O3S/c1-12(4-5-19-8-12)16-20(17,18)11-9(7-14-15-11)6-13-10-2-3-10/h7,10,13,16H,2-6,8H2,1H3,(H,14,15). The van der Waals surface area contributed by atoms with Gasteiger partial charge in [0.15, 0.2) is 5.03 Å². The Morgan fingerprint density at radius 1 is 1.55 bits per heavy atom. The summed E-state index contributed by atoms with van der Waals surface area (Å²) in [7, 11) is -3.61. The van der Waals surface area contributed by atoms with Crippen LogP contribution in [0.3, 0.4) is 0 Å². The number of nitrogens with zero attached hydrogens (tertiary/aromatic N) is 1. The van der Waals surface area contributed by atoms with Crippen molar-refractivity contribution in [3.8, 4) is 0 Å². The molecule has 3 rings (SSSR count). The van der Waals surface area contributed by atoms with Crippen molar-refractivity contribution in [2.75, 3.05) is 13.2 Å². The van der Waals surface area contributed by atoms with E-state index >= 15 is 0 Å². The van der Waals surface area contributed by atoms with Gasteiger partial charge >= 0.3 is 0 Å². The van der Waals surface area contributed by atoms with E-state index in [1.807, 2.05) is 6.92 Å². The number of rotatable bonds is 6. The smallest absolute Gasteiger partial charge is 0.258 e. The van der Waals surface area contributed by atoms with Crippen LogP contribution in [0.4, 0.5) is 0 Å². The maximum Gasteiger partial charge on any atom is 0.258 e. The number of sulfonamides is 1. The fourth-order valence-corrected chi connectivity index (χ4v) is 3.88. The first-order valence-corrected chi connectivity index (χ1v) is 8.34. The van der Waals surface area contributed by atoms with Crippen molar-refractivity contribution in [1.82, 2.24) is 20.2 Å². The highest BCUT2D eigenvalue weighted by Crippen LogP contribution is 2.23. The lowest BCUT2D eigenvalue weighted by Gasteiger charge is -2.23. The number of aromatic nitrogens is 2. The van der Waals surface area contributed by atoms with Crippen LogP contribution in [-0.2, 0) is 21.3 Å². The molecule has 1 aromatic heterocycles. The van der Waals surface area contributed by atoms with E-state index in [0.29, 0.717) is 37.8 Å². The van der Waals surface area contributed by atoms with Gasteiger partial charge in [0.05, 0.1) is 18.3 Å². The minimum absolute atomic E-state index is 0.152. The van der Waals surface area contributed by atoms with Gasteiger partial charge in [-0.3, -0.25) is 5.10 Å². The minimum atomic E-state index is -3.61. The van der Waals surface area contributed by atoms with Crippen LogP contribution in [0.15, 0.2) is 11.2 Å². The summed E-state index contributed by atoms with van der Waals surface area (Å²) in [6, 6.07) is 0.522. The molecule has 1 aliphatic carbocycles. The van der Waals surface area contributed by atoms with Gasteiger partial charge < -0.3 is 10.1 Å². The number of aromatic amines is 1. The molecule has 2 heterocycles. The van der Waals surface area contributed by atoms with E-state index in [2.05, 4.69) is 20.2 Å². The molecule has 2 aliphatic rings. The van der Waals surface area contributed by atoms with Crippen LogP contribution in [0.25, 0.3) is 0 Å². The monoisotopic (exact) mass is 300 g/mol. The lowest BCUT2D eigenvalue weighted by Crippen LogP contribution is -2.46. The predicted octanol–water partition coefficient (Wildman–Crippen LogP) is 0.119. The Kier molecular flexibility index (Phi) is 3.57. The maximum atomic E-state index is 12.5. The van der Waals surface area contributed by atoms with Gasteiger partial charge in [-0.15, -0.1) is 0 Å². The number of ether oxygens (including phenoxy) is 1. The van der Waals surface area contributed by atoms with Crippen molar-refractivity contribution >= 4 is 10.0 Å². The lowest BCUT2D eigenvalue weighted by atomic mass is 10.0. The molecule has 0 bridgehead atoms. The van der Waals surface area contributed by atoms with E-state index in [4.69, 9.17) is 4.74 Å². The lowest BCUT2D eigenvalue weighted by molar-refractivity contribution is 0.178. The summed E-state index contributed by atoms with van der Waals surface area (Å²) in [5.74, 6) is 0. The van der Waals surface area contributed by atoms with Gasteiger partial charge in [0, 0.05) is 24.8 Å². The van der Waals surface area contributed by atoms with Gasteiger partial charge in [0.25, 0.3) is 10.0 Å². The molecular formula is C12H20N4O3S. The molecule has 112 valence electrons. The van der Waals surface area contributed by atoms with Gasteiger partial charge in [-0.25, -0.2) is 13.1 Å². The van der Waals surface area contributed by atoms with Gasteiger partial charge in [-0.1, -0.05) is 0 Å². The summed E-state index contributed by atoms with van der Waals surface area (Å²) in [6.07, 6.45) is 4.56. The summed E-state index contributed by atoms with van der Waals surface area (Å²) < 4.78 is 32.9. The molecule has 20 heavy (non-hydrogen) atoms. The Balaban J connectivity index is 1.74. The van der Waals surface area contributed by atoms with Gasteiger partial charge in [-0.05, 0) is 26.2 Å². The average Bonchev–Trinajstić information content (AvgIpc) is 2.90. The highest BCUT2D eigenvalue weighted by molar-refractivity contribution is 7.89. The largest absolute Gasteiger partial charge is 0.379 e. The summed E-state index contributed by atoms with van der Waals surface area (Å²) in [5.41, 5.74) is 0.136. The SMILES string of the molecule is CC1(NS(=O)(=O)c2[nH]ncc2CNC2CC2)CCOC1. The Morgan fingerprint density at radius 2 is 2.35 bits per heavy atom. The van der Waals surface area contributed by atoms with Crippen molar-refractivity contribution in [3.05, 3.63) is 11.8 Å². The highest BCUT2D eigenvalue weighted by atomic mass is 32.2. The van der Waals surface area contributed by atoms with Crippen LogP contribution in [-0.4, -0.2) is 43.4 Å². The molecule has 1 aliphatic heterocycles. The van der Waals surface area contributed by atoms with Crippen LogP contribution in [0.2, 0.25) is 0 Å². The topological polar surface area (TPSA) is 96.1 Å². The predicted molar refractivity (Wildman–Crippen MR) is 72.6 cm³/mol. The molecule has 1 saturated heterocycles. The van der Waals surface area contributed by atoms with E-state index in [0.717, 1.165) is 12.8 Å². The molecule has 8 heteroatoms. The molecule has 0 spiro atoms. The molecule has 1 saturated carbocycles. The molecule has 1 aromatic rings. The Morgan fingerprint density at radius 3 is 3.00 bits per heavy atom. The van der Waals surface area contributed by atoms with E-state index in [9.17, 15) is 8.42 Å². The molecule has 1 atom stereocenters. The van der Waals surface area contributed by atoms with Crippen LogP contribution in [0.5, 0.6) is 0 Å². The number of hydrogen-bond donors (Lipinski definition) is 3. The Bertz CT molecular complexity index is 573. The van der Waals surface area contributed by atoms with Gasteiger partial charge in [0.1, 0.15) is 0 Å². The zero-order valence-electron chi connectivity index (χ0n) is 11.5. The Hall–Kier alpha value is -0.960. The zero-order valence-corrected chi connectivity index (χ0v) is 12.3. The maximum absolute atomic E-state index is 12.5. The number of nitrogens with one attached hydrogen (secondary N) is 3. The Labute approximate surface area is 118 Å². The molecule has 2 fully saturated rings. The second-order valence-electron chi connectivity index (χ2n) is 5.85. The van der Waals surface area contributed by atoms with Crippen molar-refractivity contribution in [1.29, 1.82) is 0 Å². The van der Waals surface area contributed by atoms with E-state index in [1.54, 1.807) is 6.20 Å². The van der Waals surface area contributed by atoms with E-state index in [1.165, 1.54) is 0 Å².